The van der Waals surface area contributed by atoms with Crippen LogP contribution in [0.4, 0.5) is 5.69 Å². The van der Waals surface area contributed by atoms with Gasteiger partial charge in [-0.15, -0.1) is 0 Å². The fourth-order valence-electron chi connectivity index (χ4n) is 1.59. The molecule has 0 unspecified atom stereocenters. The highest BCUT2D eigenvalue weighted by molar-refractivity contribution is 7.85. The van der Waals surface area contributed by atoms with E-state index < -0.39 is 10.8 Å². The van der Waals surface area contributed by atoms with Crippen LogP contribution < -0.4 is 5.73 Å². The van der Waals surface area contributed by atoms with Crippen molar-refractivity contribution in [1.82, 2.24) is 9.88 Å². The number of nitrogen functional groups attached to an aromatic ring is 1. The van der Waals surface area contributed by atoms with Gasteiger partial charge in [0.15, 0.2) is 0 Å². The second-order valence-corrected chi connectivity index (χ2v) is 5.40. The molecule has 1 aliphatic heterocycles. The number of rotatable bonds is 2. The highest BCUT2D eigenvalue weighted by atomic mass is 32.2. The number of nitrogens with two attached hydrogens (primary N) is 1. The highest BCUT2D eigenvalue weighted by Gasteiger charge is 2.15. The molecule has 0 amide bonds. The van der Waals surface area contributed by atoms with Crippen LogP contribution in [0.1, 0.15) is 5.69 Å². The predicted octanol–water partition coefficient (Wildman–Crippen LogP) is 0.228. The van der Waals surface area contributed by atoms with Gasteiger partial charge in [-0.3, -0.25) is 14.1 Å². The van der Waals surface area contributed by atoms with Gasteiger partial charge in [0.2, 0.25) is 0 Å². The Morgan fingerprint density at radius 2 is 2.13 bits per heavy atom. The summed E-state index contributed by atoms with van der Waals surface area (Å²) in [5, 5.41) is 0. The maximum absolute atomic E-state index is 11.2. The molecule has 1 aliphatic rings. The quantitative estimate of drug-likeness (QED) is 0.782. The van der Waals surface area contributed by atoms with Crippen molar-refractivity contribution in [3.63, 3.8) is 0 Å². The number of nitrogens with zero attached hydrogens (tertiary/aromatic N) is 2. The molecular weight excluding hydrogens is 210 g/mol. The smallest absolute Gasteiger partial charge is 0.0545 e. The van der Waals surface area contributed by atoms with E-state index >= 15 is 0 Å². The van der Waals surface area contributed by atoms with E-state index in [1.54, 1.807) is 6.20 Å². The second-order valence-electron chi connectivity index (χ2n) is 3.71. The van der Waals surface area contributed by atoms with Crippen LogP contribution >= 0.6 is 0 Å². The van der Waals surface area contributed by atoms with Gasteiger partial charge < -0.3 is 5.73 Å². The maximum Gasteiger partial charge on any atom is 0.0545 e. The molecule has 2 rings (SSSR count). The van der Waals surface area contributed by atoms with Crippen molar-refractivity contribution in [2.24, 2.45) is 0 Å². The van der Waals surface area contributed by atoms with Crippen molar-refractivity contribution in [1.29, 1.82) is 0 Å². The third-order valence-corrected chi connectivity index (χ3v) is 3.78. The van der Waals surface area contributed by atoms with Crippen LogP contribution in [0.25, 0.3) is 0 Å². The molecule has 1 fully saturated rings. The molecule has 0 aliphatic carbocycles. The lowest BCUT2D eigenvalue weighted by molar-refractivity contribution is 0.288. The van der Waals surface area contributed by atoms with Gasteiger partial charge in [-0.05, 0) is 12.1 Å². The average Bonchev–Trinajstić information content (AvgIpc) is 2.25. The Morgan fingerprint density at radius 1 is 1.40 bits per heavy atom. The Kier molecular flexibility index (Phi) is 3.33. The molecule has 82 valence electrons. The number of anilines is 1. The minimum atomic E-state index is -0.605. The van der Waals surface area contributed by atoms with Gasteiger partial charge in [-0.1, -0.05) is 0 Å². The average molecular weight is 225 g/mol. The van der Waals surface area contributed by atoms with E-state index in [1.807, 2.05) is 12.1 Å². The van der Waals surface area contributed by atoms with Gasteiger partial charge in [0, 0.05) is 41.9 Å². The number of aromatic nitrogens is 1. The fraction of sp³-hybridized carbons (Fsp3) is 0.500. The summed E-state index contributed by atoms with van der Waals surface area (Å²) >= 11 is 0. The molecule has 0 bridgehead atoms. The Labute approximate surface area is 91.9 Å². The molecule has 2 heterocycles. The van der Waals surface area contributed by atoms with E-state index in [0.717, 1.165) is 36.8 Å². The van der Waals surface area contributed by atoms with Crippen LogP contribution in [-0.2, 0) is 17.3 Å². The summed E-state index contributed by atoms with van der Waals surface area (Å²) in [5.41, 5.74) is 7.28. The first kappa shape index (κ1) is 10.6. The molecule has 1 saturated heterocycles. The van der Waals surface area contributed by atoms with E-state index in [9.17, 15) is 4.21 Å². The summed E-state index contributed by atoms with van der Waals surface area (Å²) in [5.74, 6) is 1.57. The van der Waals surface area contributed by atoms with Crippen molar-refractivity contribution < 1.29 is 4.21 Å². The number of pyridine rings is 1. The standard InChI is InChI=1S/C10H15N3OS/c11-9-1-2-10(12-7-9)8-13-3-5-15(14)6-4-13/h1-2,7H,3-6,8,11H2. The third kappa shape index (κ3) is 3.00. The molecule has 5 heteroatoms. The zero-order valence-electron chi connectivity index (χ0n) is 8.56. The molecule has 15 heavy (non-hydrogen) atoms. The number of hydrogen-bond acceptors (Lipinski definition) is 4. The molecule has 0 atom stereocenters. The number of hydrogen-bond donors (Lipinski definition) is 1. The predicted molar refractivity (Wildman–Crippen MR) is 61.8 cm³/mol. The van der Waals surface area contributed by atoms with Gasteiger partial charge in [-0.2, -0.15) is 0 Å². The van der Waals surface area contributed by atoms with Crippen molar-refractivity contribution in [2.75, 3.05) is 30.3 Å². The molecule has 1 aromatic rings. The minimum absolute atomic E-state index is 0.605. The minimum Gasteiger partial charge on any atom is -0.397 e. The van der Waals surface area contributed by atoms with Crippen molar-refractivity contribution in [2.45, 2.75) is 6.54 Å². The molecule has 4 nitrogen and oxygen atoms in total. The van der Waals surface area contributed by atoms with Crippen molar-refractivity contribution >= 4 is 16.5 Å². The Hall–Kier alpha value is -0.940. The molecular formula is C10H15N3OS. The molecule has 0 aromatic carbocycles. The second kappa shape index (κ2) is 4.72. The molecule has 0 spiro atoms. The highest BCUT2D eigenvalue weighted by Crippen LogP contribution is 2.07. The zero-order valence-corrected chi connectivity index (χ0v) is 9.37. The van der Waals surface area contributed by atoms with Gasteiger partial charge in [0.1, 0.15) is 0 Å². The first-order chi connectivity index (χ1) is 7.24. The SMILES string of the molecule is Nc1ccc(CN2CCS(=O)CC2)nc1. The Morgan fingerprint density at radius 3 is 2.73 bits per heavy atom. The lowest BCUT2D eigenvalue weighted by atomic mass is 10.3. The van der Waals surface area contributed by atoms with E-state index in [-0.39, 0.29) is 0 Å². The van der Waals surface area contributed by atoms with Crippen molar-refractivity contribution in [3.05, 3.63) is 24.0 Å². The lowest BCUT2D eigenvalue weighted by Crippen LogP contribution is -2.37. The van der Waals surface area contributed by atoms with Crippen LogP contribution in [0, 0.1) is 0 Å². The molecule has 1 aromatic heterocycles. The summed E-state index contributed by atoms with van der Waals surface area (Å²) in [4.78, 5) is 6.53. The fourth-order valence-corrected chi connectivity index (χ4v) is 2.72. The first-order valence-electron chi connectivity index (χ1n) is 5.02. The normalized spacial score (nSPS) is 19.2. The van der Waals surface area contributed by atoms with Crippen molar-refractivity contribution in [3.8, 4) is 0 Å². The van der Waals surface area contributed by atoms with Gasteiger partial charge in [-0.25, -0.2) is 0 Å². The van der Waals surface area contributed by atoms with Crippen LogP contribution in [-0.4, -0.2) is 38.7 Å². The van der Waals surface area contributed by atoms with Crippen LogP contribution in [0.5, 0.6) is 0 Å². The van der Waals surface area contributed by atoms with Gasteiger partial charge in [0.25, 0.3) is 0 Å². The van der Waals surface area contributed by atoms with E-state index in [1.165, 1.54) is 0 Å². The zero-order chi connectivity index (χ0) is 10.7. The topological polar surface area (TPSA) is 59.2 Å². The largest absolute Gasteiger partial charge is 0.397 e. The third-order valence-electron chi connectivity index (χ3n) is 2.50. The Bertz CT molecular complexity index is 342. The van der Waals surface area contributed by atoms with Crippen LogP contribution in [0.2, 0.25) is 0 Å². The van der Waals surface area contributed by atoms with E-state index in [4.69, 9.17) is 5.73 Å². The summed E-state index contributed by atoms with van der Waals surface area (Å²) in [6, 6.07) is 3.81. The molecule has 2 N–H and O–H groups in total. The Balaban J connectivity index is 1.91. The van der Waals surface area contributed by atoms with Crippen LogP contribution in [0.3, 0.4) is 0 Å². The molecule has 0 radical (unpaired) electrons. The van der Waals surface area contributed by atoms with E-state index in [0.29, 0.717) is 5.69 Å². The first-order valence-corrected chi connectivity index (χ1v) is 6.50. The maximum atomic E-state index is 11.2. The summed E-state index contributed by atoms with van der Waals surface area (Å²) < 4.78 is 11.2. The van der Waals surface area contributed by atoms with Gasteiger partial charge in [0.05, 0.1) is 17.6 Å². The van der Waals surface area contributed by atoms with E-state index in [2.05, 4.69) is 9.88 Å². The van der Waals surface area contributed by atoms with Gasteiger partial charge >= 0.3 is 0 Å². The summed E-state index contributed by atoms with van der Waals surface area (Å²) in [6.45, 7) is 2.63. The summed E-state index contributed by atoms with van der Waals surface area (Å²) in [6.07, 6.45) is 1.68. The monoisotopic (exact) mass is 225 g/mol. The van der Waals surface area contributed by atoms with Crippen LogP contribution in [0.15, 0.2) is 18.3 Å². The summed E-state index contributed by atoms with van der Waals surface area (Å²) in [7, 11) is -0.605. The molecule has 0 saturated carbocycles. The lowest BCUT2D eigenvalue weighted by Gasteiger charge is -2.25.